The van der Waals surface area contributed by atoms with Gasteiger partial charge in [-0.1, -0.05) is 19.4 Å². The number of rotatable bonds is 14. The van der Waals surface area contributed by atoms with Crippen LogP contribution in [-0.2, 0) is 13.0 Å². The van der Waals surface area contributed by atoms with Crippen molar-refractivity contribution >= 4 is 34.1 Å². The molecule has 12 heteroatoms. The number of aromatic amines is 1. The van der Waals surface area contributed by atoms with Crippen LogP contribution < -0.4 is 27.3 Å². The van der Waals surface area contributed by atoms with Gasteiger partial charge in [-0.05, 0) is 99.8 Å². The van der Waals surface area contributed by atoms with Gasteiger partial charge in [-0.15, -0.1) is 0 Å². The number of aromatic nitrogens is 3. The molecule has 1 unspecified atom stereocenters. The predicted octanol–water partition coefficient (Wildman–Crippen LogP) is 5.24. The first-order valence-electron chi connectivity index (χ1n) is 16.9. The third-order valence-corrected chi connectivity index (χ3v) is 9.63. The highest BCUT2D eigenvalue weighted by Crippen LogP contribution is 2.38. The molecule has 2 aliphatic rings. The Hall–Kier alpha value is -4.71. The quantitative estimate of drug-likeness (QED) is 0.135. The fraction of sp³-hybridized carbons (Fsp3) is 0.444. The minimum atomic E-state index is -1.31. The smallest absolute Gasteiger partial charge is 0.341 e. The van der Waals surface area contributed by atoms with Crippen LogP contribution in [0.2, 0.25) is 0 Å². The molecule has 3 heterocycles. The number of nitrogens with zero attached hydrogens (tertiary/aromatic N) is 3. The monoisotopic (exact) mass is 658 g/mol. The number of H-pyrrole nitrogens is 1. The van der Waals surface area contributed by atoms with Gasteiger partial charge in [-0.25, -0.2) is 14.0 Å². The highest BCUT2D eigenvalue weighted by atomic mass is 19.1. The Morgan fingerprint density at radius 2 is 1.83 bits per heavy atom. The molecule has 6 rings (SSSR count). The van der Waals surface area contributed by atoms with E-state index < -0.39 is 22.9 Å². The van der Waals surface area contributed by atoms with Crippen LogP contribution in [0.5, 0.6) is 0 Å². The van der Waals surface area contributed by atoms with Crippen molar-refractivity contribution in [1.82, 2.24) is 19.0 Å². The van der Waals surface area contributed by atoms with Crippen molar-refractivity contribution in [2.24, 2.45) is 5.92 Å². The predicted molar refractivity (Wildman–Crippen MR) is 185 cm³/mol. The number of pyridine rings is 1. The zero-order valence-corrected chi connectivity index (χ0v) is 27.5. The molecule has 4 N–H and O–H groups in total. The number of carboxylic acid groups (broad SMARTS) is 1. The number of likely N-dealkylation sites (tertiary alicyclic amines) is 1. The number of carbonyl (C=O) groups is 1. The molecule has 2 fully saturated rings. The van der Waals surface area contributed by atoms with Crippen molar-refractivity contribution < 1.29 is 14.3 Å². The number of hydrogen-bond donors (Lipinski definition) is 4. The van der Waals surface area contributed by atoms with Crippen LogP contribution in [-0.4, -0.2) is 56.3 Å². The highest BCUT2D eigenvalue weighted by Gasteiger charge is 2.28. The Balaban J connectivity index is 0.965. The van der Waals surface area contributed by atoms with E-state index in [-0.39, 0.29) is 22.6 Å². The summed E-state index contributed by atoms with van der Waals surface area (Å²) in [5.74, 6) is -1.17. The van der Waals surface area contributed by atoms with Gasteiger partial charge in [0, 0.05) is 49.0 Å². The van der Waals surface area contributed by atoms with Crippen LogP contribution in [0.15, 0.2) is 57.0 Å². The number of anilines is 3. The molecule has 1 saturated carbocycles. The fourth-order valence-corrected chi connectivity index (χ4v) is 6.72. The summed E-state index contributed by atoms with van der Waals surface area (Å²) in [6.45, 7) is 7.82. The number of aromatic carboxylic acids is 1. The second-order valence-corrected chi connectivity index (χ2v) is 13.2. The molecule has 2 aromatic carbocycles. The Kier molecular flexibility index (Phi) is 9.81. The number of halogens is 1. The fourth-order valence-electron chi connectivity index (χ4n) is 6.72. The summed E-state index contributed by atoms with van der Waals surface area (Å²) in [5.41, 5.74) is 2.33. The molecule has 0 bridgehead atoms. The summed E-state index contributed by atoms with van der Waals surface area (Å²) < 4.78 is 18.1. The van der Waals surface area contributed by atoms with Gasteiger partial charge in [-0.3, -0.25) is 19.1 Å². The molecule has 0 spiro atoms. The average molecular weight is 659 g/mol. The highest BCUT2D eigenvalue weighted by molar-refractivity contribution is 5.93. The lowest BCUT2D eigenvalue weighted by molar-refractivity contribution is 0.0695. The van der Waals surface area contributed by atoms with Gasteiger partial charge >= 0.3 is 11.7 Å². The minimum absolute atomic E-state index is 0.0870. The first-order valence-corrected chi connectivity index (χ1v) is 16.9. The molecule has 0 amide bonds. The molecule has 1 saturated heterocycles. The maximum atomic E-state index is 15.1. The molecule has 4 aromatic rings. The van der Waals surface area contributed by atoms with Crippen LogP contribution in [0.1, 0.15) is 73.0 Å². The summed E-state index contributed by atoms with van der Waals surface area (Å²) in [6, 6.07) is 10.3. The van der Waals surface area contributed by atoms with Gasteiger partial charge in [0.25, 0.3) is 5.56 Å². The topological polar surface area (TPSA) is 141 Å². The van der Waals surface area contributed by atoms with Crippen LogP contribution in [0.3, 0.4) is 0 Å². The van der Waals surface area contributed by atoms with E-state index >= 15 is 4.39 Å². The number of benzene rings is 2. The summed E-state index contributed by atoms with van der Waals surface area (Å²) in [6.07, 6.45) is 7.59. The second kappa shape index (κ2) is 14.2. The van der Waals surface area contributed by atoms with Crippen LogP contribution in [0.25, 0.3) is 10.9 Å². The van der Waals surface area contributed by atoms with Gasteiger partial charge in [0.1, 0.15) is 17.2 Å². The Morgan fingerprint density at radius 3 is 2.56 bits per heavy atom. The molecule has 48 heavy (non-hydrogen) atoms. The maximum absolute atomic E-state index is 15.1. The first kappa shape index (κ1) is 33.2. The van der Waals surface area contributed by atoms with Gasteiger partial charge in [-0.2, -0.15) is 0 Å². The largest absolute Gasteiger partial charge is 0.477 e. The molecular weight excluding hydrogens is 615 g/mol. The van der Waals surface area contributed by atoms with Gasteiger partial charge < -0.3 is 25.2 Å². The number of fused-ring (bicyclic) bond motifs is 1. The van der Waals surface area contributed by atoms with Crippen LogP contribution >= 0.6 is 0 Å². The summed E-state index contributed by atoms with van der Waals surface area (Å²) in [7, 11) is 0. The van der Waals surface area contributed by atoms with Gasteiger partial charge in [0.15, 0.2) is 0 Å². The standard InChI is InChI=1S/C36H43FN6O5/c1-3-24-15-25(8-7-22(24)2)39-32-18-33(44)42(36(48)40-32)13-6-4-5-12-41-14-11-23(20-41)19-38-30-17-31-27(16-29(30)37)34(45)28(35(46)47)21-43(31)26-9-10-26/h7-8,15-18,21,23,26,38-39H,3-6,9-14,19-20H2,1-2H3,(H,40,48)(H,46,47). The molecule has 254 valence electrons. The molecule has 2 aromatic heterocycles. The number of nitrogens with one attached hydrogen (secondary N) is 3. The SMILES string of the molecule is CCc1cc(Nc2cc(=O)n(CCCCCN3CCC(CNc4cc5c(cc4F)c(=O)c(C(=O)O)cn5C4CC4)C3)c(=O)[nH]2)ccc1C. The summed E-state index contributed by atoms with van der Waals surface area (Å²) >= 11 is 0. The number of unbranched alkanes of at least 4 members (excludes halogenated alkanes) is 2. The minimum Gasteiger partial charge on any atom is -0.477 e. The Bertz CT molecular complexity index is 1980. The average Bonchev–Trinajstić information content (AvgIpc) is 3.80. The van der Waals surface area contributed by atoms with E-state index in [0.717, 1.165) is 69.9 Å². The van der Waals surface area contributed by atoms with Gasteiger partial charge in [0.2, 0.25) is 5.43 Å². The molecule has 1 aliphatic heterocycles. The van der Waals surface area contributed by atoms with E-state index in [2.05, 4.69) is 34.4 Å². The second-order valence-electron chi connectivity index (χ2n) is 13.2. The molecular formula is C36H43FN6O5. The number of aryl methyl sites for hydroxylation is 2. The first-order chi connectivity index (χ1) is 23.1. The number of carboxylic acids is 1. The van der Waals surface area contributed by atoms with Crippen molar-refractivity contribution in [2.75, 3.05) is 36.8 Å². The van der Waals surface area contributed by atoms with Crippen LogP contribution in [0, 0.1) is 18.7 Å². The zero-order valence-electron chi connectivity index (χ0n) is 27.5. The van der Waals surface area contributed by atoms with Crippen molar-refractivity contribution in [2.45, 2.75) is 71.4 Å². The maximum Gasteiger partial charge on any atom is 0.341 e. The van der Waals surface area contributed by atoms with E-state index in [1.807, 2.05) is 18.2 Å². The molecule has 1 aliphatic carbocycles. The van der Waals surface area contributed by atoms with E-state index in [1.54, 1.807) is 10.6 Å². The molecule has 0 radical (unpaired) electrons. The van der Waals surface area contributed by atoms with Crippen LogP contribution in [0.4, 0.5) is 21.6 Å². The van der Waals surface area contributed by atoms with Crippen molar-refractivity contribution in [3.63, 3.8) is 0 Å². The van der Waals surface area contributed by atoms with E-state index in [0.29, 0.717) is 42.5 Å². The lowest BCUT2D eigenvalue weighted by atomic mass is 10.1. The third kappa shape index (κ3) is 7.38. The Morgan fingerprint density at radius 1 is 1.04 bits per heavy atom. The molecule has 11 nitrogen and oxygen atoms in total. The lowest BCUT2D eigenvalue weighted by Crippen LogP contribution is -2.35. The lowest BCUT2D eigenvalue weighted by Gasteiger charge is -2.18. The number of hydrogen-bond acceptors (Lipinski definition) is 7. The normalized spacial score (nSPS) is 16.4. The summed E-state index contributed by atoms with van der Waals surface area (Å²) in [4.78, 5) is 54.9. The van der Waals surface area contributed by atoms with Crippen molar-refractivity contribution in [1.29, 1.82) is 0 Å². The third-order valence-electron chi connectivity index (χ3n) is 9.63. The van der Waals surface area contributed by atoms with Gasteiger partial charge in [0.05, 0.1) is 11.2 Å². The Labute approximate surface area is 277 Å². The van der Waals surface area contributed by atoms with Crippen molar-refractivity contribution in [3.8, 4) is 0 Å². The summed E-state index contributed by atoms with van der Waals surface area (Å²) in [5, 5.41) is 15.9. The van der Waals surface area contributed by atoms with Crippen molar-refractivity contribution in [3.05, 3.63) is 96.2 Å². The van der Waals surface area contributed by atoms with E-state index in [1.165, 1.54) is 28.0 Å². The molecule has 1 atom stereocenters. The van der Waals surface area contributed by atoms with E-state index in [4.69, 9.17) is 0 Å². The zero-order chi connectivity index (χ0) is 33.9. The van der Waals surface area contributed by atoms with E-state index in [9.17, 15) is 24.3 Å².